The Morgan fingerprint density at radius 3 is 2.48 bits per heavy atom. The number of fused-ring (bicyclic) bond motifs is 2. The third kappa shape index (κ3) is 1.29. The van der Waals surface area contributed by atoms with Gasteiger partial charge in [-0.15, -0.1) is 0 Å². The molecule has 0 aliphatic heterocycles. The molecular formula is C19H12O2. The van der Waals surface area contributed by atoms with Crippen LogP contribution in [0, 0.1) is 0 Å². The standard InChI is InChI=1S/C19H12O2/c20-21-19-15-7-3-5-11-8-9-13-10-12-4-1-2-6-14(12)18(19)17(13)16(11)15/h1-10,19-20H. The van der Waals surface area contributed by atoms with Crippen molar-refractivity contribution in [1.82, 2.24) is 0 Å². The maximum atomic E-state index is 9.50. The summed E-state index contributed by atoms with van der Waals surface area (Å²) < 4.78 is 0. The van der Waals surface area contributed by atoms with Crippen molar-refractivity contribution in [2.24, 2.45) is 0 Å². The number of hydrogen-bond donors (Lipinski definition) is 1. The smallest absolute Gasteiger partial charge is 0.145 e. The lowest BCUT2D eigenvalue weighted by Crippen LogP contribution is -2.00. The van der Waals surface area contributed by atoms with Crippen molar-refractivity contribution in [3.8, 4) is 0 Å². The highest BCUT2D eigenvalue weighted by Gasteiger charge is 2.29. The van der Waals surface area contributed by atoms with E-state index in [1.165, 1.54) is 26.9 Å². The van der Waals surface area contributed by atoms with Gasteiger partial charge in [0.1, 0.15) is 6.10 Å². The summed E-state index contributed by atoms with van der Waals surface area (Å²) in [7, 11) is 0. The predicted octanol–water partition coefficient (Wildman–Crippen LogP) is 5.04. The van der Waals surface area contributed by atoms with Crippen LogP contribution in [0.5, 0.6) is 0 Å². The van der Waals surface area contributed by atoms with Crippen LogP contribution in [0.4, 0.5) is 0 Å². The van der Waals surface area contributed by atoms with E-state index in [0.717, 1.165) is 16.5 Å². The summed E-state index contributed by atoms with van der Waals surface area (Å²) in [5.74, 6) is 0. The minimum atomic E-state index is -0.403. The van der Waals surface area contributed by atoms with Crippen molar-refractivity contribution >= 4 is 32.3 Å². The second-order valence-electron chi connectivity index (χ2n) is 5.61. The third-order valence-electron chi connectivity index (χ3n) is 4.59. The number of benzene rings is 4. The highest BCUT2D eigenvalue weighted by molar-refractivity contribution is 6.19. The Kier molecular flexibility index (Phi) is 2.05. The molecule has 100 valence electrons. The van der Waals surface area contributed by atoms with Crippen LogP contribution < -0.4 is 0 Å². The third-order valence-corrected chi connectivity index (χ3v) is 4.59. The Hall–Kier alpha value is -2.42. The molecule has 2 nitrogen and oxygen atoms in total. The van der Waals surface area contributed by atoms with Gasteiger partial charge in [-0.3, -0.25) is 5.26 Å². The average Bonchev–Trinajstić information content (AvgIpc) is 2.88. The number of rotatable bonds is 1. The van der Waals surface area contributed by atoms with Crippen molar-refractivity contribution in [1.29, 1.82) is 0 Å². The topological polar surface area (TPSA) is 29.5 Å². The molecule has 2 heteroatoms. The van der Waals surface area contributed by atoms with E-state index >= 15 is 0 Å². The van der Waals surface area contributed by atoms with E-state index in [2.05, 4.69) is 36.4 Å². The van der Waals surface area contributed by atoms with E-state index in [0.29, 0.717) is 0 Å². The van der Waals surface area contributed by atoms with Gasteiger partial charge in [0.15, 0.2) is 0 Å². The second kappa shape index (κ2) is 3.82. The molecule has 0 fully saturated rings. The van der Waals surface area contributed by atoms with Crippen molar-refractivity contribution in [2.75, 3.05) is 0 Å². The first-order valence-corrected chi connectivity index (χ1v) is 7.06. The van der Waals surface area contributed by atoms with Gasteiger partial charge in [0.25, 0.3) is 0 Å². The van der Waals surface area contributed by atoms with Gasteiger partial charge < -0.3 is 0 Å². The van der Waals surface area contributed by atoms with E-state index in [4.69, 9.17) is 4.89 Å². The zero-order valence-corrected chi connectivity index (χ0v) is 11.2. The summed E-state index contributed by atoms with van der Waals surface area (Å²) in [5.41, 5.74) is 2.13. The van der Waals surface area contributed by atoms with Gasteiger partial charge in [0.05, 0.1) is 0 Å². The van der Waals surface area contributed by atoms with Gasteiger partial charge in [-0.05, 0) is 43.9 Å². The summed E-state index contributed by atoms with van der Waals surface area (Å²) in [4.78, 5) is 4.88. The van der Waals surface area contributed by atoms with Crippen molar-refractivity contribution in [3.05, 3.63) is 71.8 Å². The van der Waals surface area contributed by atoms with Gasteiger partial charge in [-0.2, -0.15) is 0 Å². The fourth-order valence-corrected chi connectivity index (χ4v) is 3.76. The summed E-state index contributed by atoms with van der Waals surface area (Å²) in [6.45, 7) is 0. The molecule has 0 radical (unpaired) electrons. The average molecular weight is 272 g/mol. The molecule has 1 atom stereocenters. The van der Waals surface area contributed by atoms with Crippen LogP contribution in [-0.2, 0) is 4.89 Å². The molecule has 0 amide bonds. The maximum Gasteiger partial charge on any atom is 0.145 e. The van der Waals surface area contributed by atoms with E-state index in [1.807, 2.05) is 24.3 Å². The highest BCUT2D eigenvalue weighted by Crippen LogP contribution is 2.48. The van der Waals surface area contributed by atoms with Gasteiger partial charge in [-0.25, -0.2) is 4.89 Å². The molecule has 1 N–H and O–H groups in total. The molecule has 21 heavy (non-hydrogen) atoms. The summed E-state index contributed by atoms with van der Waals surface area (Å²) >= 11 is 0. The Labute approximate surface area is 121 Å². The van der Waals surface area contributed by atoms with Crippen LogP contribution in [0.1, 0.15) is 17.2 Å². The van der Waals surface area contributed by atoms with Gasteiger partial charge in [0.2, 0.25) is 0 Å². The Bertz CT molecular complexity index is 1030. The largest absolute Gasteiger partial charge is 0.251 e. The summed E-state index contributed by atoms with van der Waals surface area (Å²) in [6, 6.07) is 20.9. The fraction of sp³-hybridized carbons (Fsp3) is 0.0526. The SMILES string of the molecule is OOC1c2cccc3ccc4cc5ccccc5c1c4c23. The molecule has 1 aliphatic rings. The minimum Gasteiger partial charge on any atom is -0.251 e. The zero-order chi connectivity index (χ0) is 14.0. The first-order valence-electron chi connectivity index (χ1n) is 7.06. The van der Waals surface area contributed by atoms with E-state index in [9.17, 15) is 5.26 Å². The van der Waals surface area contributed by atoms with Crippen LogP contribution >= 0.6 is 0 Å². The molecule has 0 heterocycles. The van der Waals surface area contributed by atoms with Crippen molar-refractivity contribution < 1.29 is 10.1 Å². The molecule has 0 aromatic heterocycles. The lowest BCUT2D eigenvalue weighted by molar-refractivity contribution is -0.269. The van der Waals surface area contributed by atoms with Crippen LogP contribution in [0.15, 0.2) is 60.7 Å². The summed E-state index contributed by atoms with van der Waals surface area (Å²) in [5, 5.41) is 16.6. The van der Waals surface area contributed by atoms with Crippen LogP contribution in [0.25, 0.3) is 32.3 Å². The Balaban J connectivity index is 2.13. The van der Waals surface area contributed by atoms with Crippen LogP contribution in [-0.4, -0.2) is 5.26 Å². The molecule has 5 rings (SSSR count). The van der Waals surface area contributed by atoms with Crippen LogP contribution in [0.2, 0.25) is 0 Å². The Morgan fingerprint density at radius 2 is 1.57 bits per heavy atom. The van der Waals surface area contributed by atoms with Gasteiger partial charge in [0, 0.05) is 5.56 Å². The van der Waals surface area contributed by atoms with E-state index in [1.54, 1.807) is 0 Å². The first-order chi connectivity index (χ1) is 10.4. The molecule has 4 aromatic rings. The molecular weight excluding hydrogens is 260 g/mol. The number of hydrogen-bond acceptors (Lipinski definition) is 2. The lowest BCUT2D eigenvalue weighted by atomic mass is 9.96. The second-order valence-corrected chi connectivity index (χ2v) is 5.61. The minimum absolute atomic E-state index is 0.403. The highest BCUT2D eigenvalue weighted by atomic mass is 17.1. The molecule has 0 bridgehead atoms. The molecule has 1 aliphatic carbocycles. The zero-order valence-electron chi connectivity index (χ0n) is 11.2. The molecule has 0 saturated heterocycles. The fourth-order valence-electron chi connectivity index (χ4n) is 3.76. The van der Waals surface area contributed by atoms with E-state index < -0.39 is 6.10 Å². The maximum absolute atomic E-state index is 9.50. The molecule has 1 unspecified atom stereocenters. The quantitative estimate of drug-likeness (QED) is 0.228. The monoisotopic (exact) mass is 272 g/mol. The predicted molar refractivity (Wildman–Crippen MR) is 84.5 cm³/mol. The van der Waals surface area contributed by atoms with Crippen molar-refractivity contribution in [2.45, 2.75) is 6.10 Å². The van der Waals surface area contributed by atoms with Gasteiger partial charge in [-0.1, -0.05) is 54.6 Å². The van der Waals surface area contributed by atoms with Crippen molar-refractivity contribution in [3.63, 3.8) is 0 Å². The van der Waals surface area contributed by atoms with Crippen LogP contribution in [0.3, 0.4) is 0 Å². The molecule has 4 aromatic carbocycles. The van der Waals surface area contributed by atoms with Gasteiger partial charge >= 0.3 is 0 Å². The summed E-state index contributed by atoms with van der Waals surface area (Å²) in [6.07, 6.45) is -0.403. The first kappa shape index (κ1) is 11.3. The lowest BCUT2D eigenvalue weighted by Gasteiger charge is -2.12. The molecule has 0 saturated carbocycles. The normalized spacial score (nSPS) is 16.5. The Morgan fingerprint density at radius 1 is 0.762 bits per heavy atom. The van der Waals surface area contributed by atoms with E-state index in [-0.39, 0.29) is 0 Å². The molecule has 0 spiro atoms.